The van der Waals surface area contributed by atoms with Gasteiger partial charge in [0.25, 0.3) is 5.69 Å². The van der Waals surface area contributed by atoms with Gasteiger partial charge in [-0.15, -0.1) is 0 Å². The van der Waals surface area contributed by atoms with E-state index >= 15 is 0 Å². The Morgan fingerprint density at radius 3 is 2.59 bits per heavy atom. The molecule has 5 nitrogen and oxygen atoms in total. The normalized spacial score (nSPS) is 15.8. The van der Waals surface area contributed by atoms with Crippen LogP contribution in [0.25, 0.3) is 0 Å². The first-order chi connectivity index (χ1) is 10.6. The molecular weight excluding hydrogens is 285 g/mol. The van der Waals surface area contributed by atoms with Crippen LogP contribution in [0.5, 0.6) is 0 Å². The maximum absolute atomic E-state index is 13.3. The predicted molar refractivity (Wildman–Crippen MR) is 81.5 cm³/mol. The Morgan fingerprint density at radius 1 is 1.23 bits per heavy atom. The summed E-state index contributed by atoms with van der Waals surface area (Å²) < 4.78 is 13.3. The number of nitro groups is 1. The summed E-state index contributed by atoms with van der Waals surface area (Å²) in [6, 6.07) is 9.92. The van der Waals surface area contributed by atoms with Gasteiger partial charge in [-0.25, -0.2) is 9.37 Å². The molecule has 1 fully saturated rings. The van der Waals surface area contributed by atoms with E-state index in [0.29, 0.717) is 5.92 Å². The summed E-state index contributed by atoms with van der Waals surface area (Å²) in [5.74, 6) is 0.908. The molecule has 114 valence electrons. The van der Waals surface area contributed by atoms with Crippen molar-refractivity contribution in [3.8, 4) is 0 Å². The second kappa shape index (κ2) is 6.09. The summed E-state index contributed by atoms with van der Waals surface area (Å²) >= 11 is 0. The van der Waals surface area contributed by atoms with E-state index in [-0.39, 0.29) is 11.5 Å². The molecule has 0 aliphatic carbocycles. The number of anilines is 1. The van der Waals surface area contributed by atoms with Crippen molar-refractivity contribution in [3.63, 3.8) is 0 Å². The molecule has 0 bridgehead atoms. The second-order valence-corrected chi connectivity index (χ2v) is 5.45. The number of hydrogen-bond donors (Lipinski definition) is 0. The molecule has 0 radical (unpaired) electrons. The van der Waals surface area contributed by atoms with Gasteiger partial charge in [0, 0.05) is 19.2 Å². The molecule has 3 rings (SSSR count). The Bertz CT molecular complexity index is 667. The third-order valence-corrected chi connectivity index (χ3v) is 4.08. The van der Waals surface area contributed by atoms with Gasteiger partial charge in [-0.05, 0) is 42.5 Å². The van der Waals surface area contributed by atoms with Crippen LogP contribution in [0.3, 0.4) is 0 Å². The monoisotopic (exact) mass is 301 g/mol. The molecule has 1 aromatic heterocycles. The zero-order valence-corrected chi connectivity index (χ0v) is 12.0. The zero-order chi connectivity index (χ0) is 15.5. The molecular formula is C16H16FN3O2. The second-order valence-electron chi connectivity index (χ2n) is 5.45. The first-order valence-electron chi connectivity index (χ1n) is 7.24. The van der Waals surface area contributed by atoms with Crippen LogP contribution in [0, 0.1) is 15.9 Å². The molecule has 0 saturated carbocycles. The molecule has 6 heteroatoms. The van der Waals surface area contributed by atoms with Gasteiger partial charge < -0.3 is 4.90 Å². The molecule has 2 heterocycles. The molecule has 2 aromatic rings. The number of nitrogens with zero attached hydrogens (tertiary/aromatic N) is 3. The predicted octanol–water partition coefficient (Wildman–Crippen LogP) is 3.51. The highest BCUT2D eigenvalue weighted by Gasteiger charge is 2.22. The van der Waals surface area contributed by atoms with Crippen molar-refractivity contribution in [1.29, 1.82) is 0 Å². The standard InChI is InChI=1S/C16H16FN3O2/c17-14-3-1-2-13(10-14)12-6-8-19(9-7-12)16-5-4-15(11-18-16)20(21)22/h1-5,10-12H,6-9H2. The zero-order valence-electron chi connectivity index (χ0n) is 12.0. The Hall–Kier alpha value is -2.50. The summed E-state index contributed by atoms with van der Waals surface area (Å²) in [5.41, 5.74) is 1.04. The average Bonchev–Trinajstić information content (AvgIpc) is 2.55. The SMILES string of the molecule is O=[N+]([O-])c1ccc(N2CCC(c3cccc(F)c3)CC2)nc1. The third kappa shape index (κ3) is 3.05. The highest BCUT2D eigenvalue weighted by Crippen LogP contribution is 2.30. The summed E-state index contributed by atoms with van der Waals surface area (Å²) in [4.78, 5) is 16.5. The number of rotatable bonds is 3. The van der Waals surface area contributed by atoms with E-state index in [1.165, 1.54) is 18.3 Å². The maximum atomic E-state index is 13.3. The van der Waals surface area contributed by atoms with Crippen LogP contribution < -0.4 is 4.90 Å². The van der Waals surface area contributed by atoms with Crippen molar-refractivity contribution >= 4 is 11.5 Å². The van der Waals surface area contributed by atoms with Gasteiger partial charge >= 0.3 is 0 Å². The fraction of sp³-hybridized carbons (Fsp3) is 0.312. The molecule has 22 heavy (non-hydrogen) atoms. The van der Waals surface area contributed by atoms with E-state index in [1.807, 2.05) is 6.07 Å². The largest absolute Gasteiger partial charge is 0.357 e. The van der Waals surface area contributed by atoms with Crippen molar-refractivity contribution in [2.75, 3.05) is 18.0 Å². The fourth-order valence-electron chi connectivity index (χ4n) is 2.88. The lowest BCUT2D eigenvalue weighted by molar-refractivity contribution is -0.385. The van der Waals surface area contributed by atoms with E-state index in [4.69, 9.17) is 0 Å². The minimum atomic E-state index is -0.451. The molecule has 1 aliphatic heterocycles. The maximum Gasteiger partial charge on any atom is 0.287 e. The Morgan fingerprint density at radius 2 is 2.00 bits per heavy atom. The van der Waals surface area contributed by atoms with Crippen LogP contribution in [0.4, 0.5) is 15.9 Å². The Kier molecular flexibility index (Phi) is 4.00. The van der Waals surface area contributed by atoms with Crippen molar-refractivity contribution < 1.29 is 9.31 Å². The van der Waals surface area contributed by atoms with E-state index in [1.54, 1.807) is 18.2 Å². The molecule has 0 amide bonds. The molecule has 0 spiro atoms. The first kappa shape index (κ1) is 14.4. The molecule has 0 N–H and O–H groups in total. The van der Waals surface area contributed by atoms with Crippen LogP contribution in [0.15, 0.2) is 42.6 Å². The average molecular weight is 301 g/mol. The Labute approximate surface area is 127 Å². The van der Waals surface area contributed by atoms with E-state index in [9.17, 15) is 14.5 Å². The number of piperidine rings is 1. The molecule has 0 atom stereocenters. The van der Waals surface area contributed by atoms with Gasteiger partial charge in [-0.3, -0.25) is 10.1 Å². The van der Waals surface area contributed by atoms with E-state index < -0.39 is 4.92 Å². The van der Waals surface area contributed by atoms with Gasteiger partial charge in [0.15, 0.2) is 0 Å². The van der Waals surface area contributed by atoms with Gasteiger partial charge in [-0.2, -0.15) is 0 Å². The van der Waals surface area contributed by atoms with Crippen LogP contribution in [-0.2, 0) is 0 Å². The first-order valence-corrected chi connectivity index (χ1v) is 7.24. The highest BCUT2D eigenvalue weighted by atomic mass is 19.1. The fourth-order valence-corrected chi connectivity index (χ4v) is 2.88. The van der Waals surface area contributed by atoms with Crippen molar-refractivity contribution in [1.82, 2.24) is 4.98 Å². The summed E-state index contributed by atoms with van der Waals surface area (Å²) in [5, 5.41) is 10.6. The van der Waals surface area contributed by atoms with Crippen molar-refractivity contribution in [3.05, 3.63) is 64.1 Å². The van der Waals surface area contributed by atoms with Crippen LogP contribution in [0.1, 0.15) is 24.3 Å². The highest BCUT2D eigenvalue weighted by molar-refractivity contribution is 5.43. The van der Waals surface area contributed by atoms with Crippen LogP contribution in [-0.4, -0.2) is 23.0 Å². The summed E-state index contributed by atoms with van der Waals surface area (Å²) in [7, 11) is 0. The lowest BCUT2D eigenvalue weighted by Crippen LogP contribution is -2.33. The lowest BCUT2D eigenvalue weighted by atomic mass is 9.89. The van der Waals surface area contributed by atoms with Gasteiger partial charge in [0.2, 0.25) is 0 Å². The van der Waals surface area contributed by atoms with Gasteiger partial charge in [0.1, 0.15) is 17.8 Å². The van der Waals surface area contributed by atoms with Crippen molar-refractivity contribution in [2.45, 2.75) is 18.8 Å². The number of benzene rings is 1. The molecule has 1 aliphatic rings. The topological polar surface area (TPSA) is 59.3 Å². The molecule has 0 unspecified atom stereocenters. The molecule has 1 saturated heterocycles. The minimum Gasteiger partial charge on any atom is -0.357 e. The van der Waals surface area contributed by atoms with Crippen LogP contribution >= 0.6 is 0 Å². The molecule has 1 aromatic carbocycles. The lowest BCUT2D eigenvalue weighted by Gasteiger charge is -2.33. The Balaban J connectivity index is 1.65. The summed E-state index contributed by atoms with van der Waals surface area (Å²) in [6.45, 7) is 1.62. The number of hydrogen-bond acceptors (Lipinski definition) is 4. The van der Waals surface area contributed by atoms with E-state index in [2.05, 4.69) is 9.88 Å². The smallest absolute Gasteiger partial charge is 0.287 e. The number of halogens is 1. The van der Waals surface area contributed by atoms with Gasteiger partial charge in [0.05, 0.1) is 4.92 Å². The van der Waals surface area contributed by atoms with Crippen LogP contribution in [0.2, 0.25) is 0 Å². The minimum absolute atomic E-state index is 0.00148. The van der Waals surface area contributed by atoms with Crippen molar-refractivity contribution in [2.24, 2.45) is 0 Å². The number of aromatic nitrogens is 1. The quantitative estimate of drug-likeness (QED) is 0.643. The summed E-state index contributed by atoms with van der Waals surface area (Å²) in [6.07, 6.45) is 3.12. The van der Waals surface area contributed by atoms with Gasteiger partial charge in [-0.1, -0.05) is 12.1 Å². The van der Waals surface area contributed by atoms with E-state index in [0.717, 1.165) is 37.3 Å². The third-order valence-electron chi connectivity index (χ3n) is 4.08. The number of pyridine rings is 1.